The fraction of sp³-hybridized carbons (Fsp3) is 0.500. The molecule has 3 heterocycles. The molecule has 0 aromatic carbocycles. The number of likely N-dealkylation sites (tertiary alicyclic amines) is 1. The predicted molar refractivity (Wildman–Crippen MR) is 96.1 cm³/mol. The van der Waals surface area contributed by atoms with Crippen molar-refractivity contribution in [3.8, 4) is 0 Å². The van der Waals surface area contributed by atoms with Crippen LogP contribution in [0.5, 0.6) is 0 Å². The Balaban J connectivity index is 1.34. The van der Waals surface area contributed by atoms with Crippen molar-refractivity contribution in [3.05, 3.63) is 33.5 Å². The van der Waals surface area contributed by atoms with E-state index in [4.69, 9.17) is 5.73 Å². The number of thiazole rings is 1. The zero-order valence-corrected chi connectivity index (χ0v) is 14.7. The van der Waals surface area contributed by atoms with Crippen LogP contribution in [-0.4, -0.2) is 41.5 Å². The third-order valence-corrected chi connectivity index (χ3v) is 5.71. The van der Waals surface area contributed by atoms with Gasteiger partial charge in [0.05, 0.1) is 10.6 Å². The molecule has 1 saturated heterocycles. The molecule has 0 spiro atoms. The minimum absolute atomic E-state index is 0.180. The highest BCUT2D eigenvalue weighted by Crippen LogP contribution is 2.17. The summed E-state index contributed by atoms with van der Waals surface area (Å²) in [6.07, 6.45) is 4.09. The fourth-order valence-electron chi connectivity index (χ4n) is 2.86. The van der Waals surface area contributed by atoms with Crippen LogP contribution in [0.4, 0.5) is 5.13 Å². The SMILES string of the molecule is Nc1nc(CCCNC2CCN(C(=O)c3cccs3)CC2)cs1. The zero-order valence-electron chi connectivity index (χ0n) is 13.0. The summed E-state index contributed by atoms with van der Waals surface area (Å²) in [6.45, 7) is 2.68. The number of nitrogens with one attached hydrogen (secondary N) is 1. The summed E-state index contributed by atoms with van der Waals surface area (Å²) in [6, 6.07) is 4.35. The number of carbonyl (C=O) groups excluding carboxylic acids is 1. The van der Waals surface area contributed by atoms with Crippen molar-refractivity contribution in [2.45, 2.75) is 31.7 Å². The molecular formula is C16H22N4OS2. The quantitative estimate of drug-likeness (QED) is 0.786. The summed E-state index contributed by atoms with van der Waals surface area (Å²) < 4.78 is 0. The Hall–Kier alpha value is -1.44. The average Bonchev–Trinajstić information content (AvgIpc) is 3.23. The van der Waals surface area contributed by atoms with Gasteiger partial charge in [0.25, 0.3) is 5.91 Å². The van der Waals surface area contributed by atoms with Crippen molar-refractivity contribution in [1.82, 2.24) is 15.2 Å². The third-order valence-electron chi connectivity index (χ3n) is 4.13. The van der Waals surface area contributed by atoms with Gasteiger partial charge < -0.3 is 16.0 Å². The predicted octanol–water partition coefficient (Wildman–Crippen LogP) is 2.61. The minimum atomic E-state index is 0.180. The van der Waals surface area contributed by atoms with Crippen molar-refractivity contribution >= 4 is 33.7 Å². The average molecular weight is 351 g/mol. The van der Waals surface area contributed by atoms with Crippen LogP contribution in [0.25, 0.3) is 0 Å². The second-order valence-electron chi connectivity index (χ2n) is 5.78. The minimum Gasteiger partial charge on any atom is -0.375 e. The van der Waals surface area contributed by atoms with Crippen molar-refractivity contribution in [2.75, 3.05) is 25.4 Å². The van der Waals surface area contributed by atoms with E-state index in [9.17, 15) is 4.79 Å². The standard InChI is InChI=1S/C16H22N4OS2/c17-16-19-13(11-23-16)3-1-7-18-12-5-8-20(9-6-12)15(21)14-4-2-10-22-14/h2,4,10-12,18H,1,3,5-9H2,(H2,17,19). The fourth-order valence-corrected chi connectivity index (χ4v) is 4.14. The van der Waals surface area contributed by atoms with Gasteiger partial charge in [-0.25, -0.2) is 4.98 Å². The molecule has 1 amide bonds. The van der Waals surface area contributed by atoms with E-state index in [1.54, 1.807) is 0 Å². The number of nitrogen functional groups attached to an aromatic ring is 1. The number of hydrogen-bond acceptors (Lipinski definition) is 6. The molecule has 23 heavy (non-hydrogen) atoms. The zero-order chi connectivity index (χ0) is 16.1. The number of thiophene rings is 1. The number of amides is 1. The van der Waals surface area contributed by atoms with Crippen LogP contribution in [0.3, 0.4) is 0 Å². The Kier molecular flexibility index (Phi) is 5.64. The largest absolute Gasteiger partial charge is 0.375 e. The number of rotatable bonds is 6. The second kappa shape index (κ2) is 7.90. The normalized spacial score (nSPS) is 15.9. The van der Waals surface area contributed by atoms with E-state index in [0.717, 1.165) is 55.9 Å². The maximum absolute atomic E-state index is 12.3. The van der Waals surface area contributed by atoms with Gasteiger partial charge >= 0.3 is 0 Å². The smallest absolute Gasteiger partial charge is 0.263 e. The molecule has 0 radical (unpaired) electrons. The lowest BCUT2D eigenvalue weighted by atomic mass is 10.0. The van der Waals surface area contributed by atoms with Crippen molar-refractivity contribution in [1.29, 1.82) is 0 Å². The van der Waals surface area contributed by atoms with Gasteiger partial charge in [-0.3, -0.25) is 4.79 Å². The van der Waals surface area contributed by atoms with Crippen LogP contribution in [0.15, 0.2) is 22.9 Å². The van der Waals surface area contributed by atoms with Crippen LogP contribution in [-0.2, 0) is 6.42 Å². The van der Waals surface area contributed by atoms with E-state index >= 15 is 0 Å². The second-order valence-corrected chi connectivity index (χ2v) is 7.62. The van der Waals surface area contributed by atoms with Gasteiger partial charge in [-0.15, -0.1) is 22.7 Å². The van der Waals surface area contributed by atoms with E-state index in [-0.39, 0.29) is 5.91 Å². The van der Waals surface area contributed by atoms with E-state index in [1.807, 2.05) is 27.8 Å². The number of nitrogens with two attached hydrogens (primary N) is 1. The maximum atomic E-state index is 12.3. The number of aromatic nitrogens is 1. The Labute approximate surface area is 144 Å². The molecule has 2 aromatic rings. The summed E-state index contributed by atoms with van der Waals surface area (Å²) in [5.74, 6) is 0.180. The van der Waals surface area contributed by atoms with E-state index in [1.165, 1.54) is 22.7 Å². The van der Waals surface area contributed by atoms with Gasteiger partial charge in [-0.2, -0.15) is 0 Å². The molecule has 5 nitrogen and oxygen atoms in total. The summed E-state index contributed by atoms with van der Waals surface area (Å²) in [5.41, 5.74) is 6.72. The van der Waals surface area contributed by atoms with Crippen LogP contribution in [0.2, 0.25) is 0 Å². The Bertz CT molecular complexity index is 618. The molecule has 1 fully saturated rings. The van der Waals surface area contributed by atoms with Crippen LogP contribution in [0.1, 0.15) is 34.6 Å². The van der Waals surface area contributed by atoms with Gasteiger partial charge in [-0.1, -0.05) is 6.07 Å². The number of aryl methyl sites for hydroxylation is 1. The molecule has 2 aromatic heterocycles. The first-order valence-corrected chi connectivity index (χ1v) is 9.74. The first kappa shape index (κ1) is 16.4. The van der Waals surface area contributed by atoms with Gasteiger partial charge in [0, 0.05) is 24.5 Å². The molecule has 7 heteroatoms. The topological polar surface area (TPSA) is 71.2 Å². The summed E-state index contributed by atoms with van der Waals surface area (Å²) in [5, 5.41) is 8.24. The highest BCUT2D eigenvalue weighted by atomic mass is 32.1. The Morgan fingerprint density at radius 1 is 1.39 bits per heavy atom. The number of hydrogen-bond donors (Lipinski definition) is 2. The lowest BCUT2D eigenvalue weighted by Crippen LogP contribution is -2.45. The van der Waals surface area contributed by atoms with E-state index < -0.39 is 0 Å². The van der Waals surface area contributed by atoms with Gasteiger partial charge in [0.15, 0.2) is 5.13 Å². The molecule has 0 bridgehead atoms. The van der Waals surface area contributed by atoms with Crippen LogP contribution < -0.4 is 11.1 Å². The highest BCUT2D eigenvalue weighted by molar-refractivity contribution is 7.13. The molecule has 3 N–H and O–H groups in total. The number of anilines is 1. The van der Waals surface area contributed by atoms with Gasteiger partial charge in [0.2, 0.25) is 0 Å². The Morgan fingerprint density at radius 2 is 2.22 bits per heavy atom. The summed E-state index contributed by atoms with van der Waals surface area (Å²) >= 11 is 3.02. The van der Waals surface area contributed by atoms with Crippen molar-refractivity contribution < 1.29 is 4.79 Å². The number of carbonyl (C=O) groups is 1. The van der Waals surface area contributed by atoms with Crippen molar-refractivity contribution in [3.63, 3.8) is 0 Å². The van der Waals surface area contributed by atoms with Gasteiger partial charge in [0.1, 0.15) is 0 Å². The van der Waals surface area contributed by atoms with E-state index in [0.29, 0.717) is 11.2 Å². The van der Waals surface area contributed by atoms with E-state index in [2.05, 4.69) is 10.3 Å². The molecule has 1 aliphatic heterocycles. The lowest BCUT2D eigenvalue weighted by molar-refractivity contribution is 0.0710. The molecule has 0 aliphatic carbocycles. The molecular weight excluding hydrogens is 328 g/mol. The molecule has 1 aliphatic rings. The van der Waals surface area contributed by atoms with Crippen LogP contribution in [0, 0.1) is 0 Å². The third kappa shape index (κ3) is 4.53. The monoisotopic (exact) mass is 350 g/mol. The number of nitrogens with zero attached hydrogens (tertiary/aromatic N) is 2. The molecule has 124 valence electrons. The van der Waals surface area contributed by atoms with Crippen LogP contribution >= 0.6 is 22.7 Å². The number of piperidine rings is 1. The first-order valence-electron chi connectivity index (χ1n) is 7.98. The highest BCUT2D eigenvalue weighted by Gasteiger charge is 2.23. The Morgan fingerprint density at radius 3 is 2.87 bits per heavy atom. The molecule has 0 atom stereocenters. The lowest BCUT2D eigenvalue weighted by Gasteiger charge is -2.32. The maximum Gasteiger partial charge on any atom is 0.263 e. The van der Waals surface area contributed by atoms with Crippen molar-refractivity contribution in [2.24, 2.45) is 0 Å². The first-order chi connectivity index (χ1) is 11.2. The molecule has 3 rings (SSSR count). The van der Waals surface area contributed by atoms with Gasteiger partial charge in [-0.05, 0) is 43.7 Å². The molecule has 0 saturated carbocycles. The summed E-state index contributed by atoms with van der Waals surface area (Å²) in [4.78, 5) is 19.4. The molecule has 0 unspecified atom stereocenters. The summed E-state index contributed by atoms with van der Waals surface area (Å²) in [7, 11) is 0.